The third-order valence-corrected chi connectivity index (χ3v) is 6.81. The van der Waals surface area contributed by atoms with Gasteiger partial charge in [-0.25, -0.2) is 4.98 Å². The smallest absolute Gasteiger partial charge is 0.255 e. The van der Waals surface area contributed by atoms with E-state index < -0.39 is 5.41 Å². The van der Waals surface area contributed by atoms with E-state index in [0.29, 0.717) is 29.7 Å². The van der Waals surface area contributed by atoms with Crippen molar-refractivity contribution in [2.45, 2.75) is 52.5 Å². The van der Waals surface area contributed by atoms with E-state index in [-0.39, 0.29) is 17.9 Å². The minimum Gasteiger partial charge on any atom is -0.496 e. The summed E-state index contributed by atoms with van der Waals surface area (Å²) in [7, 11) is 1.57. The topological polar surface area (TPSA) is 80.3 Å². The van der Waals surface area contributed by atoms with Crippen LogP contribution >= 0.6 is 11.3 Å². The number of aromatic nitrogens is 1. The number of hydrogen-bond acceptors (Lipinski definition) is 5. The molecule has 1 fully saturated rings. The number of rotatable bonds is 7. The van der Waals surface area contributed by atoms with Crippen LogP contribution in [0.4, 0.5) is 0 Å². The van der Waals surface area contributed by atoms with Gasteiger partial charge in [0.2, 0.25) is 5.91 Å². The van der Waals surface area contributed by atoms with Gasteiger partial charge in [0.05, 0.1) is 18.7 Å². The Morgan fingerprint density at radius 1 is 1.19 bits per heavy atom. The van der Waals surface area contributed by atoms with Crippen molar-refractivity contribution in [1.29, 1.82) is 0 Å². The third-order valence-electron chi connectivity index (χ3n) is 5.95. The average molecular weight is 444 g/mol. The zero-order valence-corrected chi connectivity index (χ0v) is 19.6. The van der Waals surface area contributed by atoms with Crippen LogP contribution in [0.1, 0.15) is 67.9 Å². The minimum absolute atomic E-state index is 0.0455. The lowest BCUT2D eigenvalue weighted by molar-refractivity contribution is -0.129. The predicted octanol–water partition coefficient (Wildman–Crippen LogP) is 4.59. The van der Waals surface area contributed by atoms with E-state index in [9.17, 15) is 9.59 Å². The number of nitrogens with zero attached hydrogens (tertiary/aromatic N) is 1. The first-order valence-electron chi connectivity index (χ1n) is 10.9. The second-order valence-corrected chi connectivity index (χ2v) is 10.2. The molecule has 31 heavy (non-hydrogen) atoms. The molecule has 1 aromatic heterocycles. The van der Waals surface area contributed by atoms with Gasteiger partial charge in [0.1, 0.15) is 10.8 Å². The third kappa shape index (κ3) is 6.06. The van der Waals surface area contributed by atoms with Crippen LogP contribution in [0.25, 0.3) is 0 Å². The second kappa shape index (κ2) is 10.3. The first-order valence-corrected chi connectivity index (χ1v) is 11.8. The van der Waals surface area contributed by atoms with E-state index in [1.54, 1.807) is 36.8 Å². The Morgan fingerprint density at radius 3 is 2.52 bits per heavy atom. The fourth-order valence-electron chi connectivity index (χ4n) is 4.02. The van der Waals surface area contributed by atoms with Gasteiger partial charge in [-0.15, -0.1) is 11.3 Å². The fourth-order valence-corrected chi connectivity index (χ4v) is 4.80. The number of amides is 2. The monoisotopic (exact) mass is 443 g/mol. The highest BCUT2D eigenvalue weighted by Gasteiger charge is 2.33. The lowest BCUT2D eigenvalue weighted by Gasteiger charge is -2.34. The zero-order chi connectivity index (χ0) is 22.4. The van der Waals surface area contributed by atoms with E-state index in [1.807, 2.05) is 38.3 Å². The largest absolute Gasteiger partial charge is 0.496 e. The van der Waals surface area contributed by atoms with Crippen LogP contribution in [0.5, 0.6) is 5.75 Å². The first kappa shape index (κ1) is 23.3. The van der Waals surface area contributed by atoms with Gasteiger partial charge in [0.15, 0.2) is 0 Å². The van der Waals surface area contributed by atoms with Gasteiger partial charge >= 0.3 is 0 Å². The summed E-state index contributed by atoms with van der Waals surface area (Å²) in [6.45, 7) is 6.45. The molecule has 1 heterocycles. The van der Waals surface area contributed by atoms with Crippen LogP contribution < -0.4 is 15.4 Å². The number of hydrogen-bond donors (Lipinski definition) is 2. The summed E-state index contributed by atoms with van der Waals surface area (Å²) in [4.78, 5) is 29.7. The molecule has 2 aromatic rings. The van der Waals surface area contributed by atoms with Gasteiger partial charge in [-0.1, -0.05) is 32.9 Å². The van der Waals surface area contributed by atoms with Gasteiger partial charge in [-0.2, -0.15) is 0 Å². The molecular formula is C24H33N3O3S. The zero-order valence-electron chi connectivity index (χ0n) is 18.8. The van der Waals surface area contributed by atoms with Crippen LogP contribution in [0.2, 0.25) is 0 Å². The molecule has 1 unspecified atom stereocenters. The van der Waals surface area contributed by atoms with Crippen molar-refractivity contribution in [3.63, 3.8) is 0 Å². The lowest BCUT2D eigenvalue weighted by atomic mass is 9.78. The molecule has 0 bridgehead atoms. The fraction of sp³-hybridized carbons (Fsp3) is 0.542. The molecule has 0 spiro atoms. The number of carbonyl (C=O) groups is 2. The molecule has 2 N–H and O–H groups in total. The van der Waals surface area contributed by atoms with Crippen LogP contribution in [-0.2, 0) is 4.79 Å². The molecule has 1 aliphatic rings. The van der Waals surface area contributed by atoms with Crippen LogP contribution in [0.15, 0.2) is 35.8 Å². The number of benzene rings is 1. The van der Waals surface area contributed by atoms with E-state index in [0.717, 1.165) is 30.7 Å². The molecule has 168 valence electrons. The lowest BCUT2D eigenvalue weighted by Crippen LogP contribution is -2.41. The predicted molar refractivity (Wildman–Crippen MR) is 123 cm³/mol. The van der Waals surface area contributed by atoms with Crippen molar-refractivity contribution in [1.82, 2.24) is 15.6 Å². The van der Waals surface area contributed by atoms with Gasteiger partial charge in [-0.3, -0.25) is 9.59 Å². The maximum absolute atomic E-state index is 12.6. The Bertz CT molecular complexity index is 868. The summed E-state index contributed by atoms with van der Waals surface area (Å²) in [5, 5.41) is 9.26. The van der Waals surface area contributed by atoms with Crippen LogP contribution in [0, 0.1) is 17.3 Å². The number of methoxy groups -OCH3 is 1. The average Bonchev–Trinajstić information content (AvgIpc) is 3.30. The number of nitrogens with one attached hydrogen (secondary N) is 2. The maximum atomic E-state index is 12.6. The maximum Gasteiger partial charge on any atom is 0.255 e. The number of carbonyl (C=O) groups excluding carboxylic acids is 2. The quantitative estimate of drug-likeness (QED) is 0.656. The Balaban J connectivity index is 1.56. The Morgan fingerprint density at radius 2 is 1.90 bits per heavy atom. The van der Waals surface area contributed by atoms with Crippen molar-refractivity contribution in [2.75, 3.05) is 13.7 Å². The van der Waals surface area contributed by atoms with Gasteiger partial charge in [-0.05, 0) is 49.7 Å². The van der Waals surface area contributed by atoms with Crippen molar-refractivity contribution in [3.8, 4) is 5.75 Å². The normalized spacial score (nSPS) is 20.0. The Labute approximate surface area is 188 Å². The first-order chi connectivity index (χ1) is 14.8. The highest BCUT2D eigenvalue weighted by molar-refractivity contribution is 7.09. The Kier molecular flexibility index (Phi) is 7.70. The van der Waals surface area contributed by atoms with E-state index in [2.05, 4.69) is 15.6 Å². The molecule has 1 atom stereocenters. The number of ether oxygens (including phenoxy) is 1. The number of para-hydroxylation sites is 1. The van der Waals surface area contributed by atoms with E-state index in [4.69, 9.17) is 4.74 Å². The van der Waals surface area contributed by atoms with Crippen molar-refractivity contribution in [3.05, 3.63) is 46.4 Å². The molecule has 0 saturated heterocycles. The molecule has 1 aromatic carbocycles. The summed E-state index contributed by atoms with van der Waals surface area (Å²) >= 11 is 1.60. The molecule has 2 amide bonds. The molecule has 6 nitrogen and oxygen atoms in total. The molecular weight excluding hydrogens is 410 g/mol. The van der Waals surface area contributed by atoms with Crippen LogP contribution in [0.3, 0.4) is 0 Å². The van der Waals surface area contributed by atoms with E-state index >= 15 is 0 Å². The molecule has 7 heteroatoms. The van der Waals surface area contributed by atoms with Crippen molar-refractivity contribution >= 4 is 23.2 Å². The molecule has 1 aliphatic carbocycles. The summed E-state index contributed by atoms with van der Waals surface area (Å²) < 4.78 is 5.29. The summed E-state index contributed by atoms with van der Waals surface area (Å²) in [6.07, 6.45) is 5.84. The highest BCUT2D eigenvalue weighted by Crippen LogP contribution is 2.38. The van der Waals surface area contributed by atoms with Crippen LogP contribution in [-0.4, -0.2) is 30.5 Å². The molecule has 3 rings (SSSR count). The Hall–Kier alpha value is -2.41. The van der Waals surface area contributed by atoms with Gasteiger partial charge < -0.3 is 15.4 Å². The van der Waals surface area contributed by atoms with Crippen molar-refractivity contribution in [2.24, 2.45) is 17.3 Å². The van der Waals surface area contributed by atoms with E-state index in [1.165, 1.54) is 0 Å². The minimum atomic E-state index is -0.435. The molecule has 0 radical (unpaired) electrons. The second-order valence-electron chi connectivity index (χ2n) is 9.26. The standard InChI is InChI=1S/C24H33N3O3S/c1-24(2,3)23(29)27-20(22-25-13-14-31-22)17-11-9-16(10-12-17)15-26-21(28)18-7-5-6-8-19(18)30-4/h5-8,13-14,16-17,20H,9-12,15H2,1-4H3,(H,26,28)(H,27,29). The molecule has 0 aliphatic heterocycles. The van der Waals surface area contributed by atoms with Crippen molar-refractivity contribution < 1.29 is 14.3 Å². The summed E-state index contributed by atoms with van der Waals surface area (Å²) in [6, 6.07) is 7.23. The molecule has 1 saturated carbocycles. The van der Waals surface area contributed by atoms with Gasteiger partial charge in [0.25, 0.3) is 5.91 Å². The summed E-state index contributed by atoms with van der Waals surface area (Å²) in [5.41, 5.74) is 0.127. The van der Waals surface area contributed by atoms with Gasteiger partial charge in [0, 0.05) is 23.5 Å². The SMILES string of the molecule is COc1ccccc1C(=O)NCC1CCC(C(NC(=O)C(C)(C)C)c2nccs2)CC1. The highest BCUT2D eigenvalue weighted by atomic mass is 32.1. The number of thiazole rings is 1. The summed E-state index contributed by atoms with van der Waals surface area (Å²) in [5.74, 6) is 1.34.